The third-order valence-corrected chi connectivity index (χ3v) is 3.78. The van der Waals surface area contributed by atoms with Gasteiger partial charge in [0.25, 0.3) is 0 Å². The zero-order valence-corrected chi connectivity index (χ0v) is 10.4. The Balaban J connectivity index is 1.87. The van der Waals surface area contributed by atoms with Crippen molar-refractivity contribution in [1.82, 2.24) is 15.5 Å². The summed E-state index contributed by atoms with van der Waals surface area (Å²) in [7, 11) is 1.89. The van der Waals surface area contributed by atoms with E-state index in [9.17, 15) is 9.59 Å². The van der Waals surface area contributed by atoms with Gasteiger partial charge in [-0.1, -0.05) is 19.3 Å². The summed E-state index contributed by atoms with van der Waals surface area (Å²) in [6.07, 6.45) is 5.95. The van der Waals surface area contributed by atoms with Gasteiger partial charge in [-0.25, -0.2) is 0 Å². The highest BCUT2D eigenvalue weighted by atomic mass is 16.2. The van der Waals surface area contributed by atoms with Crippen LogP contribution in [0.5, 0.6) is 0 Å². The molecule has 2 N–H and O–H groups in total. The fourth-order valence-corrected chi connectivity index (χ4v) is 2.64. The van der Waals surface area contributed by atoms with E-state index < -0.39 is 0 Å². The van der Waals surface area contributed by atoms with Crippen LogP contribution in [0, 0.1) is 0 Å². The summed E-state index contributed by atoms with van der Waals surface area (Å²) in [5.41, 5.74) is 0. The van der Waals surface area contributed by atoms with Crippen LogP contribution in [0.2, 0.25) is 0 Å². The molecule has 2 fully saturated rings. The van der Waals surface area contributed by atoms with Crippen molar-refractivity contribution in [2.45, 2.75) is 44.2 Å². The van der Waals surface area contributed by atoms with Crippen molar-refractivity contribution >= 4 is 11.8 Å². The fourth-order valence-electron chi connectivity index (χ4n) is 2.64. The molecule has 5 nitrogen and oxygen atoms in total. The number of amides is 2. The Labute approximate surface area is 102 Å². The minimum Gasteiger partial charge on any atom is -0.353 e. The standard InChI is InChI=1S/C12H21N3O2/c1-15(9-5-3-2-4-6-9)12(17)10-7-14-11(16)8-13-10/h9-10,13H,2-8H2,1H3,(H,14,16). The molecule has 0 spiro atoms. The highest BCUT2D eigenvalue weighted by Gasteiger charge is 2.30. The summed E-state index contributed by atoms with van der Waals surface area (Å²) in [5.74, 6) is 0.0752. The van der Waals surface area contributed by atoms with E-state index in [0.717, 1.165) is 12.8 Å². The van der Waals surface area contributed by atoms with Gasteiger partial charge in [0.2, 0.25) is 11.8 Å². The normalized spacial score (nSPS) is 26.4. The molecule has 0 bridgehead atoms. The van der Waals surface area contributed by atoms with Crippen molar-refractivity contribution in [3.05, 3.63) is 0 Å². The third-order valence-electron chi connectivity index (χ3n) is 3.78. The first-order valence-corrected chi connectivity index (χ1v) is 6.45. The Morgan fingerprint density at radius 3 is 2.59 bits per heavy atom. The number of rotatable bonds is 2. The van der Waals surface area contributed by atoms with E-state index in [0.29, 0.717) is 12.6 Å². The first-order chi connectivity index (χ1) is 8.18. The summed E-state index contributed by atoms with van der Waals surface area (Å²) in [6, 6.07) is 0.135. The molecule has 1 atom stereocenters. The molecule has 2 aliphatic rings. The second-order valence-electron chi connectivity index (χ2n) is 4.98. The molecule has 1 unspecified atom stereocenters. The first-order valence-electron chi connectivity index (χ1n) is 6.45. The van der Waals surface area contributed by atoms with Crippen molar-refractivity contribution in [3.63, 3.8) is 0 Å². The predicted octanol–water partition coefficient (Wildman–Crippen LogP) is -0.134. The fraction of sp³-hybridized carbons (Fsp3) is 0.833. The maximum atomic E-state index is 12.2. The molecule has 2 amide bonds. The van der Waals surface area contributed by atoms with Gasteiger partial charge in [0.05, 0.1) is 6.54 Å². The number of nitrogens with one attached hydrogen (secondary N) is 2. The predicted molar refractivity (Wildman–Crippen MR) is 64.4 cm³/mol. The Hall–Kier alpha value is -1.10. The average Bonchev–Trinajstić information content (AvgIpc) is 2.39. The van der Waals surface area contributed by atoms with Crippen LogP contribution < -0.4 is 10.6 Å². The van der Waals surface area contributed by atoms with Crippen molar-refractivity contribution in [3.8, 4) is 0 Å². The molecular formula is C12H21N3O2. The molecule has 96 valence electrons. The average molecular weight is 239 g/mol. The lowest BCUT2D eigenvalue weighted by Crippen LogP contribution is -2.59. The van der Waals surface area contributed by atoms with Crippen LogP contribution in [0.15, 0.2) is 0 Å². The van der Waals surface area contributed by atoms with Gasteiger partial charge in [0.15, 0.2) is 0 Å². The molecule has 2 rings (SSSR count). The molecule has 1 aliphatic carbocycles. The largest absolute Gasteiger partial charge is 0.353 e. The number of likely N-dealkylation sites (N-methyl/N-ethyl adjacent to an activating group) is 1. The number of hydrogen-bond acceptors (Lipinski definition) is 3. The molecule has 17 heavy (non-hydrogen) atoms. The SMILES string of the molecule is CN(C(=O)C1CNC(=O)CN1)C1CCCCC1. The minimum atomic E-state index is -0.250. The number of carbonyl (C=O) groups excluding carboxylic acids is 2. The van der Waals surface area contributed by atoms with Gasteiger partial charge in [-0.05, 0) is 12.8 Å². The van der Waals surface area contributed by atoms with E-state index in [1.165, 1.54) is 19.3 Å². The molecule has 0 aromatic rings. The number of hydrogen-bond donors (Lipinski definition) is 2. The van der Waals surface area contributed by atoms with Gasteiger partial charge in [-0.3, -0.25) is 14.9 Å². The van der Waals surface area contributed by atoms with Gasteiger partial charge >= 0.3 is 0 Å². The van der Waals surface area contributed by atoms with Gasteiger partial charge in [-0.15, -0.1) is 0 Å². The van der Waals surface area contributed by atoms with E-state index in [-0.39, 0.29) is 24.4 Å². The topological polar surface area (TPSA) is 61.4 Å². The number of piperazine rings is 1. The van der Waals surface area contributed by atoms with Crippen molar-refractivity contribution in [2.75, 3.05) is 20.1 Å². The lowest BCUT2D eigenvalue weighted by molar-refractivity contribution is -0.136. The zero-order chi connectivity index (χ0) is 12.3. The van der Waals surface area contributed by atoms with Crippen LogP contribution in [-0.4, -0.2) is 48.9 Å². The minimum absolute atomic E-state index is 0.0330. The van der Waals surface area contributed by atoms with Crippen LogP contribution in [0.4, 0.5) is 0 Å². The molecule has 1 saturated carbocycles. The van der Waals surface area contributed by atoms with Crippen molar-refractivity contribution in [1.29, 1.82) is 0 Å². The molecule has 1 aliphatic heterocycles. The van der Waals surface area contributed by atoms with E-state index in [1.807, 2.05) is 11.9 Å². The smallest absolute Gasteiger partial charge is 0.241 e. The van der Waals surface area contributed by atoms with E-state index in [1.54, 1.807) is 0 Å². The maximum Gasteiger partial charge on any atom is 0.241 e. The first kappa shape index (κ1) is 12.4. The summed E-state index contributed by atoms with van der Waals surface area (Å²) >= 11 is 0. The van der Waals surface area contributed by atoms with Crippen LogP contribution >= 0.6 is 0 Å². The van der Waals surface area contributed by atoms with Gasteiger partial charge < -0.3 is 10.2 Å². The Morgan fingerprint density at radius 1 is 1.29 bits per heavy atom. The molecule has 5 heteroatoms. The van der Waals surface area contributed by atoms with E-state index in [2.05, 4.69) is 10.6 Å². The monoisotopic (exact) mass is 239 g/mol. The lowest BCUT2D eigenvalue weighted by Gasteiger charge is -2.35. The van der Waals surface area contributed by atoms with Crippen molar-refractivity contribution in [2.24, 2.45) is 0 Å². The summed E-state index contributed by atoms with van der Waals surface area (Å²) in [6.45, 7) is 0.656. The van der Waals surface area contributed by atoms with Crippen LogP contribution in [0.3, 0.4) is 0 Å². The van der Waals surface area contributed by atoms with E-state index in [4.69, 9.17) is 0 Å². The Kier molecular flexibility index (Phi) is 3.99. The van der Waals surface area contributed by atoms with Gasteiger partial charge in [-0.2, -0.15) is 0 Å². The molecule has 0 aromatic heterocycles. The molecule has 1 saturated heterocycles. The molecule has 0 aromatic carbocycles. The number of carbonyl (C=O) groups is 2. The second kappa shape index (κ2) is 5.49. The quantitative estimate of drug-likeness (QED) is 0.705. The lowest BCUT2D eigenvalue weighted by atomic mass is 9.94. The summed E-state index contributed by atoms with van der Waals surface area (Å²) < 4.78 is 0. The highest BCUT2D eigenvalue weighted by molar-refractivity contribution is 5.86. The second-order valence-corrected chi connectivity index (χ2v) is 4.98. The van der Waals surface area contributed by atoms with Gasteiger partial charge in [0.1, 0.15) is 6.04 Å². The zero-order valence-electron chi connectivity index (χ0n) is 10.4. The highest BCUT2D eigenvalue weighted by Crippen LogP contribution is 2.22. The van der Waals surface area contributed by atoms with Crippen molar-refractivity contribution < 1.29 is 9.59 Å². The van der Waals surface area contributed by atoms with Gasteiger partial charge in [0, 0.05) is 19.6 Å². The molecular weight excluding hydrogens is 218 g/mol. The molecule has 1 heterocycles. The Bertz CT molecular complexity index is 290. The number of nitrogens with zero attached hydrogens (tertiary/aromatic N) is 1. The Morgan fingerprint density at radius 2 is 2.00 bits per heavy atom. The van der Waals surface area contributed by atoms with E-state index >= 15 is 0 Å². The molecule has 0 radical (unpaired) electrons. The van der Waals surface area contributed by atoms with Crippen LogP contribution in [0.25, 0.3) is 0 Å². The summed E-state index contributed by atoms with van der Waals surface area (Å²) in [5, 5.41) is 5.71. The van der Waals surface area contributed by atoms with Crippen LogP contribution in [-0.2, 0) is 9.59 Å². The maximum absolute atomic E-state index is 12.2. The summed E-state index contributed by atoms with van der Waals surface area (Å²) in [4.78, 5) is 25.1. The van der Waals surface area contributed by atoms with Crippen LogP contribution in [0.1, 0.15) is 32.1 Å². The third kappa shape index (κ3) is 2.97.